The summed E-state index contributed by atoms with van der Waals surface area (Å²) in [6.07, 6.45) is 0. The Balaban J connectivity index is 2.13. The third-order valence-corrected chi connectivity index (χ3v) is 4.16. The average Bonchev–Trinajstić information content (AvgIpc) is 2.43. The molecule has 0 radical (unpaired) electrons. The van der Waals surface area contributed by atoms with Crippen molar-refractivity contribution in [2.45, 2.75) is 13.5 Å². The second-order valence-electron chi connectivity index (χ2n) is 4.18. The highest BCUT2D eigenvalue weighted by atomic mass is 79.9. The van der Waals surface area contributed by atoms with Gasteiger partial charge < -0.3 is 10.1 Å². The van der Waals surface area contributed by atoms with Gasteiger partial charge in [-0.3, -0.25) is 0 Å². The fraction of sp³-hybridized carbons (Fsp3) is 0.200. The summed E-state index contributed by atoms with van der Waals surface area (Å²) in [4.78, 5) is 0. The molecule has 0 heterocycles. The number of halogens is 3. The topological polar surface area (TPSA) is 21.3 Å². The summed E-state index contributed by atoms with van der Waals surface area (Å²) in [5, 5.41) is 4.70. The smallest absolute Gasteiger partial charge is 0.142 e. The van der Waals surface area contributed by atoms with Crippen LogP contribution in [0.1, 0.15) is 12.5 Å². The number of hydrogen-bond donors (Lipinski definition) is 1. The normalized spacial score (nSPS) is 10.4. The minimum absolute atomic E-state index is 0.614. The molecule has 2 aromatic rings. The van der Waals surface area contributed by atoms with E-state index in [1.54, 1.807) is 0 Å². The zero-order valence-corrected chi connectivity index (χ0v) is 14.0. The van der Waals surface area contributed by atoms with Gasteiger partial charge in [-0.15, -0.1) is 0 Å². The molecule has 106 valence electrons. The molecule has 0 saturated carbocycles. The molecule has 0 aromatic heterocycles. The van der Waals surface area contributed by atoms with Crippen LogP contribution in [0.4, 0.5) is 5.69 Å². The largest absolute Gasteiger partial charge is 0.492 e. The average molecular weight is 375 g/mol. The van der Waals surface area contributed by atoms with Gasteiger partial charge in [0.2, 0.25) is 0 Å². The number of benzene rings is 2. The highest BCUT2D eigenvalue weighted by Gasteiger charge is 2.05. The van der Waals surface area contributed by atoms with E-state index < -0.39 is 0 Å². The van der Waals surface area contributed by atoms with Crippen molar-refractivity contribution >= 4 is 44.8 Å². The molecular formula is C15H14BrCl2NO. The standard InChI is InChI=1S/C15H14BrCl2NO/c1-2-20-15-6-4-11(17)8-14(15)19-9-10-3-5-13(18)12(16)7-10/h3-8,19H,2,9H2,1H3. The molecule has 0 atom stereocenters. The Morgan fingerprint density at radius 3 is 2.65 bits per heavy atom. The van der Waals surface area contributed by atoms with Crippen LogP contribution in [-0.4, -0.2) is 6.61 Å². The van der Waals surface area contributed by atoms with Crippen LogP contribution in [0.25, 0.3) is 0 Å². The molecule has 0 aliphatic heterocycles. The van der Waals surface area contributed by atoms with Gasteiger partial charge in [0.25, 0.3) is 0 Å². The Morgan fingerprint density at radius 2 is 1.95 bits per heavy atom. The van der Waals surface area contributed by atoms with Gasteiger partial charge in [-0.1, -0.05) is 29.3 Å². The van der Waals surface area contributed by atoms with Crippen LogP contribution in [0.15, 0.2) is 40.9 Å². The molecular weight excluding hydrogens is 361 g/mol. The number of anilines is 1. The zero-order valence-electron chi connectivity index (χ0n) is 10.9. The number of rotatable bonds is 5. The lowest BCUT2D eigenvalue weighted by atomic mass is 10.2. The van der Waals surface area contributed by atoms with E-state index in [0.29, 0.717) is 23.2 Å². The van der Waals surface area contributed by atoms with Gasteiger partial charge in [0.1, 0.15) is 5.75 Å². The fourth-order valence-corrected chi connectivity index (χ4v) is 2.48. The molecule has 0 aliphatic carbocycles. The fourth-order valence-electron chi connectivity index (χ4n) is 1.77. The predicted octanol–water partition coefficient (Wildman–Crippen LogP) is 5.77. The number of nitrogens with one attached hydrogen (secondary N) is 1. The second-order valence-corrected chi connectivity index (χ2v) is 5.87. The molecule has 5 heteroatoms. The Kier molecular flexibility index (Phi) is 5.58. The van der Waals surface area contributed by atoms with Crippen molar-refractivity contribution in [2.24, 2.45) is 0 Å². The Labute approximate surface area is 137 Å². The zero-order chi connectivity index (χ0) is 14.5. The molecule has 0 amide bonds. The van der Waals surface area contributed by atoms with Gasteiger partial charge >= 0.3 is 0 Å². The third kappa shape index (κ3) is 4.05. The highest BCUT2D eigenvalue weighted by Crippen LogP contribution is 2.29. The lowest BCUT2D eigenvalue weighted by Crippen LogP contribution is -2.02. The van der Waals surface area contributed by atoms with Crippen LogP contribution in [0.3, 0.4) is 0 Å². The van der Waals surface area contributed by atoms with Gasteiger partial charge in [0, 0.05) is 16.0 Å². The second kappa shape index (κ2) is 7.21. The maximum Gasteiger partial charge on any atom is 0.142 e. The molecule has 0 spiro atoms. The third-order valence-electron chi connectivity index (χ3n) is 2.71. The number of ether oxygens (including phenoxy) is 1. The Bertz CT molecular complexity index is 604. The van der Waals surface area contributed by atoms with Crippen LogP contribution >= 0.6 is 39.1 Å². The van der Waals surface area contributed by atoms with Crippen molar-refractivity contribution in [1.29, 1.82) is 0 Å². The SMILES string of the molecule is CCOc1ccc(Cl)cc1NCc1ccc(Cl)c(Br)c1. The maximum absolute atomic E-state index is 6.02. The summed E-state index contributed by atoms with van der Waals surface area (Å²) in [5.41, 5.74) is 1.99. The van der Waals surface area contributed by atoms with E-state index >= 15 is 0 Å². The first kappa shape index (κ1) is 15.5. The summed E-state index contributed by atoms with van der Waals surface area (Å²) >= 11 is 15.4. The van der Waals surface area contributed by atoms with Gasteiger partial charge in [0.05, 0.1) is 17.3 Å². The monoisotopic (exact) mass is 373 g/mol. The molecule has 0 fully saturated rings. The summed E-state index contributed by atoms with van der Waals surface area (Å²) in [6, 6.07) is 11.4. The molecule has 0 saturated heterocycles. The van der Waals surface area contributed by atoms with Crippen molar-refractivity contribution in [3.8, 4) is 5.75 Å². The van der Waals surface area contributed by atoms with Gasteiger partial charge in [-0.05, 0) is 58.7 Å². The summed E-state index contributed by atoms with van der Waals surface area (Å²) in [5.74, 6) is 0.796. The number of hydrogen-bond acceptors (Lipinski definition) is 2. The molecule has 0 bridgehead atoms. The van der Waals surface area contributed by atoms with Crippen LogP contribution in [0, 0.1) is 0 Å². The van der Waals surface area contributed by atoms with Crippen molar-refractivity contribution in [3.05, 3.63) is 56.5 Å². The van der Waals surface area contributed by atoms with E-state index in [2.05, 4.69) is 21.2 Å². The van der Waals surface area contributed by atoms with E-state index in [1.807, 2.05) is 43.3 Å². The lowest BCUT2D eigenvalue weighted by Gasteiger charge is -2.13. The van der Waals surface area contributed by atoms with Crippen molar-refractivity contribution < 1.29 is 4.74 Å². The quantitative estimate of drug-likeness (QED) is 0.717. The molecule has 20 heavy (non-hydrogen) atoms. The Morgan fingerprint density at radius 1 is 1.15 bits per heavy atom. The summed E-state index contributed by atoms with van der Waals surface area (Å²) in [7, 11) is 0. The molecule has 0 aliphatic rings. The van der Waals surface area contributed by atoms with Gasteiger partial charge in [0.15, 0.2) is 0 Å². The first-order valence-electron chi connectivity index (χ1n) is 6.20. The van der Waals surface area contributed by atoms with E-state index in [1.165, 1.54) is 0 Å². The molecule has 2 nitrogen and oxygen atoms in total. The van der Waals surface area contributed by atoms with Crippen molar-refractivity contribution in [1.82, 2.24) is 0 Å². The van der Waals surface area contributed by atoms with Gasteiger partial charge in [-0.2, -0.15) is 0 Å². The van der Waals surface area contributed by atoms with Crippen molar-refractivity contribution in [3.63, 3.8) is 0 Å². The van der Waals surface area contributed by atoms with Crippen LogP contribution in [0.2, 0.25) is 10.0 Å². The first-order chi connectivity index (χ1) is 9.60. The summed E-state index contributed by atoms with van der Waals surface area (Å²) in [6.45, 7) is 3.23. The van der Waals surface area contributed by atoms with E-state index in [9.17, 15) is 0 Å². The minimum atomic E-state index is 0.614. The van der Waals surface area contributed by atoms with E-state index in [4.69, 9.17) is 27.9 Å². The molecule has 2 aromatic carbocycles. The van der Waals surface area contributed by atoms with E-state index in [0.717, 1.165) is 21.5 Å². The van der Waals surface area contributed by atoms with Crippen LogP contribution < -0.4 is 10.1 Å². The van der Waals surface area contributed by atoms with E-state index in [-0.39, 0.29) is 0 Å². The van der Waals surface area contributed by atoms with Crippen LogP contribution in [0.5, 0.6) is 5.75 Å². The predicted molar refractivity (Wildman–Crippen MR) is 89.1 cm³/mol. The highest BCUT2D eigenvalue weighted by molar-refractivity contribution is 9.10. The van der Waals surface area contributed by atoms with Crippen LogP contribution in [-0.2, 0) is 6.54 Å². The summed E-state index contributed by atoms with van der Waals surface area (Å²) < 4.78 is 6.46. The van der Waals surface area contributed by atoms with Crippen molar-refractivity contribution in [2.75, 3.05) is 11.9 Å². The maximum atomic E-state index is 6.02. The lowest BCUT2D eigenvalue weighted by molar-refractivity contribution is 0.341. The van der Waals surface area contributed by atoms with Gasteiger partial charge in [-0.25, -0.2) is 0 Å². The molecule has 2 rings (SSSR count). The first-order valence-corrected chi connectivity index (χ1v) is 7.75. The Hall–Kier alpha value is -0.900. The molecule has 0 unspecified atom stereocenters. The molecule has 1 N–H and O–H groups in total. The minimum Gasteiger partial charge on any atom is -0.492 e.